The van der Waals surface area contributed by atoms with Gasteiger partial charge >= 0.3 is 6.18 Å². The second kappa shape index (κ2) is 4.33. The number of amides is 1. The summed E-state index contributed by atoms with van der Waals surface area (Å²) in [6.07, 6.45) is -1.48. The first-order valence-electron chi connectivity index (χ1n) is 6.45. The van der Waals surface area contributed by atoms with Crippen LogP contribution < -0.4 is 4.90 Å². The molecule has 1 heterocycles. The van der Waals surface area contributed by atoms with Crippen molar-refractivity contribution < 1.29 is 22.8 Å². The highest BCUT2D eigenvalue weighted by Gasteiger charge is 2.39. The Labute approximate surface area is 113 Å². The van der Waals surface area contributed by atoms with Gasteiger partial charge in [-0.15, -0.1) is 0 Å². The molecule has 0 radical (unpaired) electrons. The van der Waals surface area contributed by atoms with Crippen LogP contribution in [0.1, 0.15) is 35.2 Å². The highest BCUT2D eigenvalue weighted by Crippen LogP contribution is 2.38. The highest BCUT2D eigenvalue weighted by molar-refractivity contribution is 6.52. The van der Waals surface area contributed by atoms with E-state index < -0.39 is 23.4 Å². The van der Waals surface area contributed by atoms with Crippen molar-refractivity contribution in [2.45, 2.75) is 25.4 Å². The van der Waals surface area contributed by atoms with Crippen LogP contribution >= 0.6 is 0 Å². The van der Waals surface area contributed by atoms with Gasteiger partial charge in [-0.25, -0.2) is 0 Å². The first kappa shape index (κ1) is 13.1. The van der Waals surface area contributed by atoms with E-state index in [0.717, 1.165) is 31.4 Å². The third kappa shape index (κ3) is 2.19. The van der Waals surface area contributed by atoms with Gasteiger partial charge in [0.2, 0.25) is 0 Å². The predicted molar refractivity (Wildman–Crippen MR) is 65.5 cm³/mol. The average molecular weight is 283 g/mol. The lowest BCUT2D eigenvalue weighted by molar-refractivity contribution is -0.137. The van der Waals surface area contributed by atoms with Gasteiger partial charge in [-0.2, -0.15) is 13.2 Å². The molecule has 3 rings (SSSR count). The molecule has 1 fully saturated rings. The molecule has 1 amide bonds. The fraction of sp³-hybridized carbons (Fsp3) is 0.429. The third-order valence-electron chi connectivity index (χ3n) is 3.76. The number of nitrogens with zero attached hydrogens (tertiary/aromatic N) is 1. The molecule has 20 heavy (non-hydrogen) atoms. The Morgan fingerprint density at radius 1 is 1.20 bits per heavy atom. The van der Waals surface area contributed by atoms with Crippen molar-refractivity contribution in [3.63, 3.8) is 0 Å². The van der Waals surface area contributed by atoms with Gasteiger partial charge in [-0.3, -0.25) is 9.59 Å². The first-order chi connectivity index (χ1) is 9.38. The third-order valence-corrected chi connectivity index (χ3v) is 3.76. The second-order valence-electron chi connectivity index (χ2n) is 5.25. The fourth-order valence-corrected chi connectivity index (χ4v) is 2.42. The quantitative estimate of drug-likeness (QED) is 0.800. The van der Waals surface area contributed by atoms with Crippen molar-refractivity contribution in [2.75, 3.05) is 11.4 Å². The van der Waals surface area contributed by atoms with Gasteiger partial charge in [0.15, 0.2) is 0 Å². The summed E-state index contributed by atoms with van der Waals surface area (Å²) < 4.78 is 37.9. The molecule has 0 bridgehead atoms. The molecule has 2 aliphatic rings. The van der Waals surface area contributed by atoms with Crippen LogP contribution in [0.25, 0.3) is 0 Å². The van der Waals surface area contributed by atoms with Crippen molar-refractivity contribution in [2.24, 2.45) is 5.92 Å². The molecular weight excluding hydrogens is 271 g/mol. The normalized spacial score (nSPS) is 18.6. The average Bonchev–Trinajstić information content (AvgIpc) is 3.17. The lowest BCUT2D eigenvalue weighted by Crippen LogP contribution is -2.30. The maximum absolute atomic E-state index is 12.6. The van der Waals surface area contributed by atoms with E-state index in [4.69, 9.17) is 0 Å². The molecule has 0 unspecified atom stereocenters. The van der Waals surface area contributed by atoms with E-state index in [1.807, 2.05) is 0 Å². The van der Waals surface area contributed by atoms with Crippen molar-refractivity contribution in [3.05, 3.63) is 29.3 Å². The van der Waals surface area contributed by atoms with E-state index in [0.29, 0.717) is 18.2 Å². The smallest absolute Gasteiger partial charge is 0.305 e. The number of carbonyl (C=O) groups excluding carboxylic acids is 2. The highest BCUT2D eigenvalue weighted by atomic mass is 19.4. The van der Waals surface area contributed by atoms with Crippen LogP contribution in [0.4, 0.5) is 18.9 Å². The van der Waals surface area contributed by atoms with Gasteiger partial charge < -0.3 is 4.90 Å². The van der Waals surface area contributed by atoms with Gasteiger partial charge in [0.25, 0.3) is 11.7 Å². The molecule has 1 saturated carbocycles. The minimum absolute atomic E-state index is 0.138. The number of ketones is 1. The monoisotopic (exact) mass is 283 g/mol. The lowest BCUT2D eigenvalue weighted by atomic mass is 10.1. The molecule has 0 N–H and O–H groups in total. The summed E-state index contributed by atoms with van der Waals surface area (Å²) in [5.41, 5.74) is -0.740. The molecule has 1 aliphatic heterocycles. The maximum Gasteiger partial charge on any atom is 0.416 e. The molecule has 0 aromatic heterocycles. The SMILES string of the molecule is O=C1C(=O)N(CCC2CC2)c2ccc(C(F)(F)F)cc21. The van der Waals surface area contributed by atoms with Crippen molar-refractivity contribution >= 4 is 17.4 Å². The van der Waals surface area contributed by atoms with E-state index in [1.165, 1.54) is 11.0 Å². The summed E-state index contributed by atoms with van der Waals surface area (Å²) in [5.74, 6) is -0.988. The minimum Gasteiger partial charge on any atom is -0.305 e. The topological polar surface area (TPSA) is 37.4 Å². The summed E-state index contributed by atoms with van der Waals surface area (Å²) in [4.78, 5) is 24.9. The van der Waals surface area contributed by atoms with Gasteiger partial charge in [0.05, 0.1) is 16.8 Å². The molecule has 3 nitrogen and oxygen atoms in total. The van der Waals surface area contributed by atoms with Gasteiger partial charge in [-0.1, -0.05) is 12.8 Å². The maximum atomic E-state index is 12.6. The summed E-state index contributed by atoms with van der Waals surface area (Å²) >= 11 is 0. The summed E-state index contributed by atoms with van der Waals surface area (Å²) in [7, 11) is 0. The predicted octanol–water partition coefficient (Wildman–Crippen LogP) is 3.03. The zero-order chi connectivity index (χ0) is 14.5. The van der Waals surface area contributed by atoms with Crippen molar-refractivity contribution in [1.29, 1.82) is 0 Å². The van der Waals surface area contributed by atoms with Crippen molar-refractivity contribution in [3.8, 4) is 0 Å². The summed E-state index contributed by atoms with van der Waals surface area (Å²) in [5, 5.41) is 0. The number of Topliss-reactive ketones (excluding diaryl/α,β-unsaturated/α-hetero) is 1. The van der Waals surface area contributed by atoms with E-state index in [1.54, 1.807) is 0 Å². The van der Waals surface area contributed by atoms with Crippen LogP contribution in [0.5, 0.6) is 0 Å². The van der Waals surface area contributed by atoms with E-state index >= 15 is 0 Å². The zero-order valence-corrected chi connectivity index (χ0v) is 10.5. The zero-order valence-electron chi connectivity index (χ0n) is 10.5. The number of fused-ring (bicyclic) bond motifs is 1. The van der Waals surface area contributed by atoms with Crippen molar-refractivity contribution in [1.82, 2.24) is 0 Å². The number of halogens is 3. The van der Waals surface area contributed by atoms with Crippen LogP contribution in [0.15, 0.2) is 18.2 Å². The Balaban J connectivity index is 1.91. The van der Waals surface area contributed by atoms with E-state index in [9.17, 15) is 22.8 Å². The largest absolute Gasteiger partial charge is 0.416 e. The Morgan fingerprint density at radius 2 is 1.90 bits per heavy atom. The molecule has 0 atom stereocenters. The number of hydrogen-bond acceptors (Lipinski definition) is 2. The molecular formula is C14H12F3NO2. The number of benzene rings is 1. The standard InChI is InChI=1S/C14H12F3NO2/c15-14(16,17)9-3-4-11-10(7-9)12(19)13(20)18(11)6-5-8-1-2-8/h3-4,7-8H,1-2,5-6H2. The van der Waals surface area contributed by atoms with Gasteiger partial charge in [0, 0.05) is 6.54 Å². The van der Waals surface area contributed by atoms with Crippen LogP contribution in [0.2, 0.25) is 0 Å². The number of anilines is 1. The summed E-state index contributed by atoms with van der Waals surface area (Å²) in [6.45, 7) is 0.396. The molecule has 0 spiro atoms. The molecule has 1 aromatic carbocycles. The van der Waals surface area contributed by atoms with E-state index in [2.05, 4.69) is 0 Å². The molecule has 1 aliphatic carbocycles. The van der Waals surface area contributed by atoms with Crippen LogP contribution in [-0.4, -0.2) is 18.2 Å². The number of rotatable bonds is 3. The minimum atomic E-state index is -4.51. The van der Waals surface area contributed by atoms with E-state index in [-0.39, 0.29) is 5.56 Å². The Morgan fingerprint density at radius 3 is 2.50 bits per heavy atom. The Bertz CT molecular complexity index is 591. The summed E-state index contributed by atoms with van der Waals surface area (Å²) in [6, 6.07) is 2.90. The lowest BCUT2D eigenvalue weighted by Gasteiger charge is -2.16. The Hall–Kier alpha value is -1.85. The number of alkyl halides is 3. The first-order valence-corrected chi connectivity index (χ1v) is 6.45. The van der Waals surface area contributed by atoms with Crippen LogP contribution in [-0.2, 0) is 11.0 Å². The fourth-order valence-electron chi connectivity index (χ4n) is 2.42. The molecule has 6 heteroatoms. The molecule has 106 valence electrons. The number of hydrogen-bond donors (Lipinski definition) is 0. The van der Waals surface area contributed by atoms with Gasteiger partial charge in [-0.05, 0) is 30.5 Å². The molecule has 0 saturated heterocycles. The second-order valence-corrected chi connectivity index (χ2v) is 5.25. The number of carbonyl (C=O) groups is 2. The van der Waals surface area contributed by atoms with Crippen LogP contribution in [0.3, 0.4) is 0 Å². The molecule has 1 aromatic rings. The van der Waals surface area contributed by atoms with Gasteiger partial charge in [0.1, 0.15) is 0 Å². The van der Waals surface area contributed by atoms with Crippen LogP contribution in [0, 0.1) is 5.92 Å². The Kier molecular flexibility index (Phi) is 2.84.